The number of para-hydroxylation sites is 1. The van der Waals surface area contributed by atoms with Gasteiger partial charge in [-0.15, -0.1) is 11.8 Å². The van der Waals surface area contributed by atoms with Gasteiger partial charge in [0.25, 0.3) is 0 Å². The molecule has 0 aliphatic carbocycles. The largest absolute Gasteiger partial charge is 0.398 e. The predicted octanol–water partition coefficient (Wildman–Crippen LogP) is 3.40. The first-order chi connectivity index (χ1) is 8.66. The molecule has 3 N–H and O–H groups in total. The second kappa shape index (κ2) is 5.94. The summed E-state index contributed by atoms with van der Waals surface area (Å²) in [5.74, 6) is 0.608. The van der Waals surface area contributed by atoms with E-state index in [4.69, 9.17) is 5.73 Å². The Kier molecular flexibility index (Phi) is 4.28. The van der Waals surface area contributed by atoms with Crippen molar-refractivity contribution < 1.29 is 5.11 Å². The summed E-state index contributed by atoms with van der Waals surface area (Å²) in [6, 6.07) is 15.7. The quantitative estimate of drug-likeness (QED) is 0.653. The van der Waals surface area contributed by atoms with E-state index < -0.39 is 6.10 Å². The molecule has 2 aromatic rings. The van der Waals surface area contributed by atoms with Crippen LogP contribution in [0.2, 0.25) is 0 Å². The van der Waals surface area contributed by atoms with Crippen molar-refractivity contribution in [2.75, 3.05) is 11.5 Å². The zero-order valence-electron chi connectivity index (χ0n) is 10.3. The number of rotatable bonds is 4. The Bertz CT molecular complexity index is 510. The fraction of sp³-hybridized carbons (Fsp3) is 0.200. The van der Waals surface area contributed by atoms with Gasteiger partial charge in [-0.2, -0.15) is 0 Å². The van der Waals surface area contributed by atoms with Crippen LogP contribution in [-0.4, -0.2) is 10.9 Å². The molecule has 0 saturated carbocycles. The molecule has 1 atom stereocenters. The van der Waals surface area contributed by atoms with Crippen molar-refractivity contribution in [3.05, 3.63) is 59.7 Å². The van der Waals surface area contributed by atoms with Gasteiger partial charge in [0, 0.05) is 21.9 Å². The molecule has 0 heterocycles. The van der Waals surface area contributed by atoms with Crippen LogP contribution >= 0.6 is 11.8 Å². The molecule has 0 bridgehead atoms. The average molecular weight is 259 g/mol. The van der Waals surface area contributed by atoms with Gasteiger partial charge in [-0.05, 0) is 25.1 Å². The summed E-state index contributed by atoms with van der Waals surface area (Å²) in [5.41, 5.74) is 8.53. The van der Waals surface area contributed by atoms with Gasteiger partial charge < -0.3 is 10.8 Å². The van der Waals surface area contributed by atoms with Crippen LogP contribution in [0.25, 0.3) is 0 Å². The number of aliphatic hydroxyl groups is 1. The number of anilines is 1. The Hall–Kier alpha value is -1.45. The Labute approximate surface area is 112 Å². The number of benzene rings is 2. The molecule has 0 amide bonds. The first-order valence-corrected chi connectivity index (χ1v) is 6.87. The number of thioether (sulfide) groups is 1. The van der Waals surface area contributed by atoms with E-state index >= 15 is 0 Å². The van der Waals surface area contributed by atoms with Crippen molar-refractivity contribution in [2.24, 2.45) is 0 Å². The zero-order valence-corrected chi connectivity index (χ0v) is 11.2. The number of hydrogen-bond acceptors (Lipinski definition) is 3. The molecule has 2 nitrogen and oxygen atoms in total. The molecule has 0 fully saturated rings. The molecule has 1 unspecified atom stereocenters. The molecular formula is C15H17NOS. The van der Waals surface area contributed by atoms with Crippen LogP contribution in [-0.2, 0) is 0 Å². The van der Waals surface area contributed by atoms with E-state index in [9.17, 15) is 5.11 Å². The van der Waals surface area contributed by atoms with Crippen molar-refractivity contribution >= 4 is 17.4 Å². The molecule has 0 aromatic heterocycles. The van der Waals surface area contributed by atoms with Crippen molar-refractivity contribution in [1.29, 1.82) is 0 Å². The van der Waals surface area contributed by atoms with Gasteiger partial charge in [-0.25, -0.2) is 0 Å². The highest BCUT2D eigenvalue weighted by molar-refractivity contribution is 7.99. The Morgan fingerprint density at radius 3 is 2.44 bits per heavy atom. The minimum atomic E-state index is -0.530. The van der Waals surface area contributed by atoms with Gasteiger partial charge in [-0.1, -0.05) is 35.9 Å². The Morgan fingerprint density at radius 1 is 1.11 bits per heavy atom. The first kappa shape index (κ1) is 13.0. The maximum Gasteiger partial charge on any atom is 0.0903 e. The summed E-state index contributed by atoms with van der Waals surface area (Å²) < 4.78 is 0. The summed E-state index contributed by atoms with van der Waals surface area (Å²) >= 11 is 1.64. The van der Waals surface area contributed by atoms with Crippen LogP contribution in [0.15, 0.2) is 53.4 Å². The predicted molar refractivity (Wildman–Crippen MR) is 77.7 cm³/mol. The van der Waals surface area contributed by atoms with E-state index in [0.717, 1.165) is 10.5 Å². The van der Waals surface area contributed by atoms with E-state index in [1.807, 2.05) is 24.3 Å². The third-order valence-corrected chi connectivity index (χ3v) is 3.87. The fourth-order valence-corrected chi connectivity index (χ4v) is 2.57. The smallest absolute Gasteiger partial charge is 0.0903 e. The molecule has 18 heavy (non-hydrogen) atoms. The second-order valence-electron chi connectivity index (χ2n) is 4.27. The van der Waals surface area contributed by atoms with Gasteiger partial charge in [-0.3, -0.25) is 0 Å². The minimum absolute atomic E-state index is 0.530. The van der Waals surface area contributed by atoms with Gasteiger partial charge in [0.15, 0.2) is 0 Å². The normalized spacial score (nSPS) is 12.3. The lowest BCUT2D eigenvalue weighted by Crippen LogP contribution is -2.04. The lowest BCUT2D eigenvalue weighted by molar-refractivity contribution is 0.205. The topological polar surface area (TPSA) is 46.2 Å². The highest BCUT2D eigenvalue weighted by atomic mass is 32.2. The summed E-state index contributed by atoms with van der Waals surface area (Å²) in [6.07, 6.45) is -0.530. The van der Waals surface area contributed by atoms with Gasteiger partial charge in [0.05, 0.1) is 6.10 Å². The van der Waals surface area contributed by atoms with Gasteiger partial charge in [0.1, 0.15) is 0 Å². The average Bonchev–Trinajstić information content (AvgIpc) is 2.38. The van der Waals surface area contributed by atoms with Crippen LogP contribution in [0.5, 0.6) is 0 Å². The standard InChI is InChI=1S/C15H17NOS/c1-11-6-8-12(9-7-11)18-10-15(17)13-4-2-3-5-14(13)16/h2-9,15,17H,10,16H2,1H3. The molecule has 2 rings (SSSR count). The highest BCUT2D eigenvalue weighted by Crippen LogP contribution is 2.27. The van der Waals surface area contributed by atoms with E-state index in [0.29, 0.717) is 11.4 Å². The molecular weight excluding hydrogens is 242 g/mol. The Balaban J connectivity index is 1.98. The summed E-state index contributed by atoms with van der Waals surface area (Å²) in [5, 5.41) is 10.1. The number of hydrogen-bond donors (Lipinski definition) is 2. The molecule has 0 aliphatic rings. The third-order valence-electron chi connectivity index (χ3n) is 2.78. The van der Waals surface area contributed by atoms with E-state index in [1.165, 1.54) is 5.56 Å². The van der Waals surface area contributed by atoms with Crippen molar-refractivity contribution in [1.82, 2.24) is 0 Å². The molecule has 0 aliphatic heterocycles. The summed E-state index contributed by atoms with van der Waals surface area (Å²) in [4.78, 5) is 1.16. The number of aliphatic hydroxyl groups excluding tert-OH is 1. The van der Waals surface area contributed by atoms with Crippen LogP contribution < -0.4 is 5.73 Å². The van der Waals surface area contributed by atoms with E-state index in [1.54, 1.807) is 11.8 Å². The fourth-order valence-electron chi connectivity index (χ4n) is 1.71. The molecule has 2 aromatic carbocycles. The number of nitrogen functional groups attached to an aromatic ring is 1. The summed E-state index contributed by atoms with van der Waals surface area (Å²) in [6.45, 7) is 2.06. The SMILES string of the molecule is Cc1ccc(SCC(O)c2ccccc2N)cc1. The molecule has 0 radical (unpaired) electrons. The number of nitrogens with two attached hydrogens (primary N) is 1. The van der Waals surface area contributed by atoms with Crippen LogP contribution in [0.3, 0.4) is 0 Å². The maximum atomic E-state index is 10.1. The second-order valence-corrected chi connectivity index (χ2v) is 5.36. The molecule has 0 spiro atoms. The maximum absolute atomic E-state index is 10.1. The van der Waals surface area contributed by atoms with Crippen LogP contribution in [0.1, 0.15) is 17.2 Å². The monoisotopic (exact) mass is 259 g/mol. The van der Waals surface area contributed by atoms with E-state index in [-0.39, 0.29) is 0 Å². The highest BCUT2D eigenvalue weighted by Gasteiger charge is 2.10. The number of aryl methyl sites for hydroxylation is 1. The van der Waals surface area contributed by atoms with Crippen LogP contribution in [0.4, 0.5) is 5.69 Å². The molecule has 3 heteroatoms. The lowest BCUT2D eigenvalue weighted by Gasteiger charge is -2.13. The zero-order chi connectivity index (χ0) is 13.0. The molecule has 0 saturated heterocycles. The van der Waals surface area contributed by atoms with E-state index in [2.05, 4.69) is 31.2 Å². The Morgan fingerprint density at radius 2 is 1.78 bits per heavy atom. The third kappa shape index (κ3) is 3.28. The minimum Gasteiger partial charge on any atom is -0.398 e. The van der Waals surface area contributed by atoms with Crippen molar-refractivity contribution in [3.63, 3.8) is 0 Å². The van der Waals surface area contributed by atoms with Gasteiger partial charge >= 0.3 is 0 Å². The first-order valence-electron chi connectivity index (χ1n) is 5.89. The van der Waals surface area contributed by atoms with Crippen molar-refractivity contribution in [2.45, 2.75) is 17.9 Å². The van der Waals surface area contributed by atoms with Gasteiger partial charge in [0.2, 0.25) is 0 Å². The van der Waals surface area contributed by atoms with Crippen LogP contribution in [0, 0.1) is 6.92 Å². The van der Waals surface area contributed by atoms with Crippen molar-refractivity contribution in [3.8, 4) is 0 Å². The lowest BCUT2D eigenvalue weighted by atomic mass is 10.1. The molecule has 94 valence electrons. The summed E-state index contributed by atoms with van der Waals surface area (Å²) in [7, 11) is 0.